The summed E-state index contributed by atoms with van der Waals surface area (Å²) in [6.07, 6.45) is 2.38. The molecule has 0 radical (unpaired) electrons. The van der Waals surface area contributed by atoms with E-state index in [9.17, 15) is 4.79 Å². The topological polar surface area (TPSA) is 51.7 Å². The van der Waals surface area contributed by atoms with Gasteiger partial charge < -0.3 is 14.4 Å². The normalized spacial score (nSPS) is 16.7. The Morgan fingerprint density at radius 1 is 1.17 bits per heavy atom. The molecule has 4 rings (SSSR count). The number of rotatable bonds is 3. The Labute approximate surface area is 185 Å². The Hall–Kier alpha value is -2.60. The first kappa shape index (κ1) is 20.7. The number of aromatic nitrogens is 1. The van der Waals surface area contributed by atoms with Crippen molar-refractivity contribution in [3.8, 4) is 17.0 Å². The maximum absolute atomic E-state index is 12.2. The number of halogens is 1. The third-order valence-corrected chi connectivity index (χ3v) is 5.65. The number of amides is 1. The molecule has 1 aliphatic heterocycles. The van der Waals surface area contributed by atoms with Crippen LogP contribution in [0.25, 0.3) is 22.0 Å². The number of pyridine rings is 1. The van der Waals surface area contributed by atoms with Crippen LogP contribution in [0.2, 0.25) is 0 Å². The number of carbonyl (C=O) groups excluding carboxylic acids is 1. The molecule has 1 aromatic heterocycles. The largest absolute Gasteiger partial charge is 0.489 e. The summed E-state index contributed by atoms with van der Waals surface area (Å²) in [6, 6.07) is 16.2. The highest BCUT2D eigenvalue weighted by Gasteiger charge is 2.30. The molecule has 6 heteroatoms. The Kier molecular flexibility index (Phi) is 5.69. The lowest BCUT2D eigenvalue weighted by atomic mass is 10.1. The third kappa shape index (κ3) is 4.75. The van der Waals surface area contributed by atoms with Gasteiger partial charge in [0.05, 0.1) is 12.2 Å². The molecular formula is C24H25BrN2O3. The average Bonchev–Trinajstić information content (AvgIpc) is 3.16. The number of hydrogen-bond donors (Lipinski definition) is 0. The summed E-state index contributed by atoms with van der Waals surface area (Å²) in [5.74, 6) is 0.790. The molecule has 1 fully saturated rings. The molecule has 2 heterocycles. The van der Waals surface area contributed by atoms with Crippen molar-refractivity contribution in [2.75, 3.05) is 13.1 Å². The quantitative estimate of drug-likeness (QED) is 0.469. The molecule has 156 valence electrons. The van der Waals surface area contributed by atoms with E-state index in [0.29, 0.717) is 13.1 Å². The first-order valence-electron chi connectivity index (χ1n) is 10.1. The summed E-state index contributed by atoms with van der Waals surface area (Å²) in [5.41, 5.74) is 1.47. The number of benzene rings is 2. The molecule has 0 unspecified atom stereocenters. The van der Waals surface area contributed by atoms with Gasteiger partial charge in [0.25, 0.3) is 0 Å². The minimum atomic E-state index is -0.487. The number of fused-ring (bicyclic) bond motifs is 1. The van der Waals surface area contributed by atoms with Crippen molar-refractivity contribution in [3.63, 3.8) is 0 Å². The molecule has 0 N–H and O–H groups in total. The molecule has 0 bridgehead atoms. The van der Waals surface area contributed by atoms with Gasteiger partial charge in [0.15, 0.2) is 0 Å². The van der Waals surface area contributed by atoms with Gasteiger partial charge in [0.2, 0.25) is 0 Å². The third-order valence-electron chi connectivity index (χ3n) is 4.96. The van der Waals surface area contributed by atoms with Gasteiger partial charge in [-0.15, -0.1) is 0 Å². The Morgan fingerprint density at radius 3 is 2.67 bits per heavy atom. The first-order chi connectivity index (χ1) is 14.3. The minimum absolute atomic E-state index is 0.0282. The lowest BCUT2D eigenvalue weighted by Gasteiger charge is -2.24. The monoisotopic (exact) mass is 468 g/mol. The summed E-state index contributed by atoms with van der Waals surface area (Å²) in [6.45, 7) is 6.81. The van der Waals surface area contributed by atoms with Crippen molar-refractivity contribution in [1.29, 1.82) is 0 Å². The van der Waals surface area contributed by atoms with E-state index < -0.39 is 5.60 Å². The average molecular weight is 469 g/mol. The highest BCUT2D eigenvalue weighted by Crippen LogP contribution is 2.28. The van der Waals surface area contributed by atoms with E-state index in [4.69, 9.17) is 9.47 Å². The summed E-state index contributed by atoms with van der Waals surface area (Å²) < 4.78 is 12.6. The van der Waals surface area contributed by atoms with E-state index in [0.717, 1.165) is 38.7 Å². The van der Waals surface area contributed by atoms with E-state index in [-0.39, 0.29) is 12.2 Å². The van der Waals surface area contributed by atoms with Crippen LogP contribution in [0, 0.1) is 0 Å². The maximum atomic E-state index is 12.2. The van der Waals surface area contributed by atoms with Gasteiger partial charge in [-0.1, -0.05) is 28.1 Å². The van der Waals surface area contributed by atoms with Crippen LogP contribution in [0.4, 0.5) is 4.79 Å². The number of likely N-dealkylation sites (tertiary alicyclic amines) is 1. The highest BCUT2D eigenvalue weighted by atomic mass is 79.9. The van der Waals surface area contributed by atoms with E-state index >= 15 is 0 Å². The standard InChI is InChI=1S/C24H25BrN2O3/c1-24(2,3)30-23(28)27-12-11-19(15-27)29-18-9-7-16(8-10-18)22-13-17-5-4-6-21(25)20(17)14-26-22/h4-10,13-14,19H,11-12,15H2,1-3H3/t19-/m1/s1. The van der Waals surface area contributed by atoms with Crippen molar-refractivity contribution in [2.24, 2.45) is 0 Å². The van der Waals surface area contributed by atoms with Crippen LogP contribution in [0.5, 0.6) is 5.75 Å². The summed E-state index contributed by atoms with van der Waals surface area (Å²) in [5, 5.41) is 2.24. The molecule has 1 saturated heterocycles. The van der Waals surface area contributed by atoms with Crippen molar-refractivity contribution in [2.45, 2.75) is 38.9 Å². The number of nitrogens with zero attached hydrogens (tertiary/aromatic N) is 2. The Balaban J connectivity index is 1.40. The molecule has 3 aromatic rings. The van der Waals surface area contributed by atoms with Crippen LogP contribution in [0.3, 0.4) is 0 Å². The molecule has 2 aromatic carbocycles. The lowest BCUT2D eigenvalue weighted by Crippen LogP contribution is -2.36. The summed E-state index contributed by atoms with van der Waals surface area (Å²) in [7, 11) is 0. The van der Waals surface area contributed by atoms with Crippen molar-refractivity contribution in [1.82, 2.24) is 9.88 Å². The van der Waals surface area contributed by atoms with Crippen molar-refractivity contribution < 1.29 is 14.3 Å². The second kappa shape index (κ2) is 8.26. The molecule has 30 heavy (non-hydrogen) atoms. The van der Waals surface area contributed by atoms with Crippen LogP contribution in [-0.2, 0) is 4.74 Å². The Morgan fingerprint density at radius 2 is 1.93 bits per heavy atom. The zero-order chi connectivity index (χ0) is 21.3. The Bertz CT molecular complexity index is 1060. The van der Waals surface area contributed by atoms with Gasteiger partial charge in [-0.05, 0) is 62.6 Å². The molecule has 5 nitrogen and oxygen atoms in total. The van der Waals surface area contributed by atoms with Crippen LogP contribution >= 0.6 is 15.9 Å². The first-order valence-corrected chi connectivity index (χ1v) is 10.9. The van der Waals surface area contributed by atoms with Crippen LogP contribution in [0.15, 0.2) is 59.2 Å². The molecule has 0 saturated carbocycles. The van der Waals surface area contributed by atoms with E-state index in [2.05, 4.69) is 33.0 Å². The SMILES string of the molecule is CC(C)(C)OC(=O)N1CC[C@@H](Oc2ccc(-c3cc4cccc(Br)c4cn3)cc2)C1. The van der Waals surface area contributed by atoms with Crippen LogP contribution < -0.4 is 4.74 Å². The fraction of sp³-hybridized carbons (Fsp3) is 0.333. The summed E-state index contributed by atoms with van der Waals surface area (Å²) in [4.78, 5) is 18.5. The van der Waals surface area contributed by atoms with Gasteiger partial charge in [0, 0.05) is 34.6 Å². The van der Waals surface area contributed by atoms with Gasteiger partial charge in [-0.3, -0.25) is 4.98 Å². The number of hydrogen-bond acceptors (Lipinski definition) is 4. The second-order valence-corrected chi connectivity index (χ2v) is 9.36. The number of carbonyl (C=O) groups is 1. The van der Waals surface area contributed by atoms with Gasteiger partial charge in [-0.2, -0.15) is 0 Å². The molecule has 0 aliphatic carbocycles. The van der Waals surface area contributed by atoms with E-state index in [1.165, 1.54) is 0 Å². The fourth-order valence-electron chi connectivity index (χ4n) is 3.51. The van der Waals surface area contributed by atoms with Crippen LogP contribution in [-0.4, -0.2) is 40.8 Å². The van der Waals surface area contributed by atoms with Crippen molar-refractivity contribution >= 4 is 32.8 Å². The van der Waals surface area contributed by atoms with Gasteiger partial charge >= 0.3 is 6.09 Å². The molecule has 1 atom stereocenters. The van der Waals surface area contributed by atoms with Gasteiger partial charge in [0.1, 0.15) is 17.5 Å². The lowest BCUT2D eigenvalue weighted by molar-refractivity contribution is 0.0275. The fourth-order valence-corrected chi connectivity index (χ4v) is 3.99. The van der Waals surface area contributed by atoms with E-state index in [1.807, 2.05) is 63.4 Å². The summed E-state index contributed by atoms with van der Waals surface area (Å²) >= 11 is 3.57. The van der Waals surface area contributed by atoms with Gasteiger partial charge in [-0.25, -0.2) is 4.79 Å². The number of ether oxygens (including phenoxy) is 2. The molecule has 1 aliphatic rings. The highest BCUT2D eigenvalue weighted by molar-refractivity contribution is 9.10. The van der Waals surface area contributed by atoms with E-state index in [1.54, 1.807) is 4.90 Å². The molecular weight excluding hydrogens is 444 g/mol. The predicted molar refractivity (Wildman–Crippen MR) is 122 cm³/mol. The van der Waals surface area contributed by atoms with Crippen molar-refractivity contribution in [3.05, 3.63) is 59.2 Å². The zero-order valence-corrected chi connectivity index (χ0v) is 19.0. The molecule has 1 amide bonds. The molecule has 0 spiro atoms. The second-order valence-electron chi connectivity index (χ2n) is 8.51. The smallest absolute Gasteiger partial charge is 0.410 e. The maximum Gasteiger partial charge on any atom is 0.410 e. The minimum Gasteiger partial charge on any atom is -0.489 e. The van der Waals surface area contributed by atoms with Crippen LogP contribution in [0.1, 0.15) is 27.2 Å². The predicted octanol–water partition coefficient (Wildman–Crippen LogP) is 6.05. The zero-order valence-electron chi connectivity index (χ0n) is 17.4.